The van der Waals surface area contributed by atoms with Gasteiger partial charge in [0, 0.05) is 13.0 Å². The molecule has 2 bridgehead atoms. The van der Waals surface area contributed by atoms with Crippen LogP contribution < -0.4 is 0 Å². The molecule has 0 aliphatic carbocycles. The molecule has 0 unspecified atom stereocenters. The maximum atomic E-state index is 13.8. The maximum absolute atomic E-state index is 13.8. The molecule has 2 aromatic carbocycles. The van der Waals surface area contributed by atoms with Crippen LogP contribution >= 0.6 is 12.2 Å². The Hall–Kier alpha value is -1.85. The first-order valence-electron chi connectivity index (χ1n) is 9.51. The molecular formula is C22H23F2NOS. The highest BCUT2D eigenvalue weighted by Gasteiger charge is 2.35. The van der Waals surface area contributed by atoms with Gasteiger partial charge in [0.25, 0.3) is 0 Å². The predicted molar refractivity (Wildman–Crippen MR) is 106 cm³/mol. The number of fused-ring (bicyclic) bond motifs is 3. The molecule has 3 fully saturated rings. The lowest BCUT2D eigenvalue weighted by Crippen LogP contribution is -2.47. The average Bonchev–Trinajstić information content (AvgIpc) is 2.67. The first-order chi connectivity index (χ1) is 13.1. The fourth-order valence-corrected chi connectivity index (χ4v) is 4.69. The zero-order chi connectivity index (χ0) is 18.8. The molecule has 3 aliphatic heterocycles. The van der Waals surface area contributed by atoms with Crippen LogP contribution in [-0.4, -0.2) is 29.6 Å². The van der Waals surface area contributed by atoms with Crippen molar-refractivity contribution in [1.29, 1.82) is 0 Å². The Morgan fingerprint density at radius 3 is 2.11 bits per heavy atom. The number of rotatable bonds is 5. The second-order valence-electron chi connectivity index (χ2n) is 7.58. The molecule has 3 saturated heterocycles. The Balaban J connectivity index is 1.53. The Morgan fingerprint density at radius 1 is 1.04 bits per heavy atom. The summed E-state index contributed by atoms with van der Waals surface area (Å²) in [4.78, 5) is 2.49. The summed E-state index contributed by atoms with van der Waals surface area (Å²) < 4.78 is 33.7. The smallest absolute Gasteiger partial charge is 0.161 e. The lowest BCUT2D eigenvalue weighted by atomic mass is 9.77. The fourth-order valence-electron chi connectivity index (χ4n) is 4.38. The van der Waals surface area contributed by atoms with E-state index in [0.717, 1.165) is 13.0 Å². The van der Waals surface area contributed by atoms with Crippen LogP contribution in [0.3, 0.4) is 0 Å². The van der Waals surface area contributed by atoms with Gasteiger partial charge in [-0.2, -0.15) is 0 Å². The van der Waals surface area contributed by atoms with Gasteiger partial charge in [-0.3, -0.25) is 0 Å². The first kappa shape index (κ1) is 18.5. The minimum absolute atomic E-state index is 0.346. The van der Waals surface area contributed by atoms with Crippen molar-refractivity contribution in [2.24, 2.45) is 11.8 Å². The summed E-state index contributed by atoms with van der Waals surface area (Å²) in [6.07, 6.45) is 2.57. The number of halogens is 2. The van der Waals surface area contributed by atoms with Crippen LogP contribution in [0.15, 0.2) is 48.5 Å². The van der Waals surface area contributed by atoms with Crippen molar-refractivity contribution in [1.82, 2.24) is 4.90 Å². The number of ether oxygens (including phenoxy) is 1. The van der Waals surface area contributed by atoms with Gasteiger partial charge in [-0.05, 0) is 85.4 Å². The highest BCUT2D eigenvalue weighted by molar-refractivity contribution is 7.80. The molecule has 0 aromatic heterocycles. The van der Waals surface area contributed by atoms with Crippen molar-refractivity contribution < 1.29 is 13.5 Å². The molecule has 3 heterocycles. The lowest BCUT2D eigenvalue weighted by Gasteiger charge is -2.45. The van der Waals surface area contributed by atoms with E-state index in [1.165, 1.54) is 50.2 Å². The molecule has 2 nitrogen and oxygen atoms in total. The van der Waals surface area contributed by atoms with Crippen molar-refractivity contribution >= 4 is 17.3 Å². The van der Waals surface area contributed by atoms with Crippen LogP contribution in [0.2, 0.25) is 0 Å². The largest absolute Gasteiger partial charge is 0.474 e. The molecule has 0 N–H and O–H groups in total. The summed E-state index contributed by atoms with van der Waals surface area (Å²) in [6.45, 7) is 3.44. The molecule has 5 heteroatoms. The Kier molecular flexibility index (Phi) is 5.50. The van der Waals surface area contributed by atoms with Crippen LogP contribution in [0.5, 0.6) is 0 Å². The quantitative estimate of drug-likeness (QED) is 0.660. The van der Waals surface area contributed by atoms with Gasteiger partial charge in [-0.25, -0.2) is 8.78 Å². The van der Waals surface area contributed by atoms with E-state index in [1.54, 1.807) is 24.3 Å². The Morgan fingerprint density at radius 2 is 1.63 bits per heavy atom. The molecular weight excluding hydrogens is 364 g/mol. The van der Waals surface area contributed by atoms with Gasteiger partial charge in [0.2, 0.25) is 0 Å². The number of benzene rings is 2. The van der Waals surface area contributed by atoms with Crippen LogP contribution in [0, 0.1) is 23.5 Å². The SMILES string of the molecule is Fc1cccc(C(OC(=S)C[C@H]2CN3CCC2CC3)c2cccc(F)c2)c1. The van der Waals surface area contributed by atoms with Gasteiger partial charge < -0.3 is 9.64 Å². The molecule has 2 aromatic rings. The molecule has 5 rings (SSSR count). The van der Waals surface area contributed by atoms with E-state index in [1.807, 2.05) is 0 Å². The summed E-state index contributed by atoms with van der Waals surface area (Å²) in [5, 5.41) is 0.521. The number of nitrogens with zero attached hydrogens (tertiary/aromatic N) is 1. The van der Waals surface area contributed by atoms with Gasteiger partial charge in [0.1, 0.15) is 17.7 Å². The van der Waals surface area contributed by atoms with Crippen molar-refractivity contribution in [2.75, 3.05) is 19.6 Å². The number of hydrogen-bond acceptors (Lipinski definition) is 3. The standard InChI is InChI=1S/C22H23F2NOS/c23-19-5-1-3-16(11-19)22(17-4-2-6-20(24)12-17)26-21(27)13-18-14-25-9-7-15(18)8-10-25/h1-6,11-12,15,18,22H,7-10,13-14H2/t18-/m0/s1. The van der Waals surface area contributed by atoms with E-state index in [4.69, 9.17) is 17.0 Å². The Labute approximate surface area is 164 Å². The molecule has 27 heavy (non-hydrogen) atoms. The molecule has 142 valence electrons. The van der Waals surface area contributed by atoms with Crippen LogP contribution in [-0.2, 0) is 4.74 Å². The summed E-state index contributed by atoms with van der Waals surface area (Å²) in [7, 11) is 0. The average molecular weight is 387 g/mol. The molecule has 0 saturated carbocycles. The second-order valence-corrected chi connectivity index (χ2v) is 8.04. The number of thiocarbonyl (C=S) groups is 1. The second kappa shape index (κ2) is 8.03. The summed E-state index contributed by atoms with van der Waals surface area (Å²) >= 11 is 5.56. The van der Waals surface area contributed by atoms with Gasteiger partial charge in [0.15, 0.2) is 5.05 Å². The van der Waals surface area contributed by atoms with Gasteiger partial charge in [0.05, 0.1) is 0 Å². The minimum atomic E-state index is -0.606. The van der Waals surface area contributed by atoms with Crippen molar-refractivity contribution in [3.8, 4) is 0 Å². The molecule has 3 aliphatic rings. The normalized spacial score (nSPS) is 24.2. The zero-order valence-electron chi connectivity index (χ0n) is 15.1. The van der Waals surface area contributed by atoms with Gasteiger partial charge in [-0.15, -0.1) is 0 Å². The van der Waals surface area contributed by atoms with Crippen molar-refractivity contribution in [3.63, 3.8) is 0 Å². The summed E-state index contributed by atoms with van der Waals surface area (Å²) in [6, 6.07) is 12.5. The van der Waals surface area contributed by atoms with E-state index in [0.29, 0.717) is 28.0 Å². The van der Waals surface area contributed by atoms with E-state index in [-0.39, 0.29) is 11.6 Å². The molecule has 0 amide bonds. The highest BCUT2D eigenvalue weighted by Crippen LogP contribution is 2.36. The molecule has 1 atom stereocenters. The number of hydrogen-bond donors (Lipinski definition) is 0. The van der Waals surface area contributed by atoms with Crippen LogP contribution in [0.4, 0.5) is 8.78 Å². The van der Waals surface area contributed by atoms with E-state index in [9.17, 15) is 8.78 Å². The van der Waals surface area contributed by atoms with Gasteiger partial charge >= 0.3 is 0 Å². The third kappa shape index (κ3) is 4.36. The molecule has 0 radical (unpaired) electrons. The van der Waals surface area contributed by atoms with Crippen molar-refractivity contribution in [3.05, 3.63) is 71.3 Å². The third-order valence-electron chi connectivity index (χ3n) is 5.77. The molecule has 0 spiro atoms. The topological polar surface area (TPSA) is 12.5 Å². The monoisotopic (exact) mass is 387 g/mol. The predicted octanol–water partition coefficient (Wildman–Crippen LogP) is 5.13. The number of piperidine rings is 3. The first-order valence-corrected chi connectivity index (χ1v) is 9.92. The van der Waals surface area contributed by atoms with E-state index >= 15 is 0 Å². The third-order valence-corrected chi connectivity index (χ3v) is 6.04. The maximum Gasteiger partial charge on any atom is 0.161 e. The van der Waals surface area contributed by atoms with Gasteiger partial charge in [-0.1, -0.05) is 24.3 Å². The Bertz CT molecular complexity index is 774. The summed E-state index contributed by atoms with van der Waals surface area (Å²) in [5.41, 5.74) is 1.27. The van der Waals surface area contributed by atoms with E-state index in [2.05, 4.69) is 4.90 Å². The van der Waals surface area contributed by atoms with Crippen molar-refractivity contribution in [2.45, 2.75) is 25.4 Å². The fraction of sp³-hybridized carbons (Fsp3) is 0.409. The minimum Gasteiger partial charge on any atom is -0.474 e. The highest BCUT2D eigenvalue weighted by atomic mass is 32.1. The van der Waals surface area contributed by atoms with Crippen LogP contribution in [0.1, 0.15) is 36.5 Å². The lowest BCUT2D eigenvalue weighted by molar-refractivity contribution is 0.0512. The zero-order valence-corrected chi connectivity index (χ0v) is 15.9. The van der Waals surface area contributed by atoms with Crippen LogP contribution in [0.25, 0.3) is 0 Å². The van der Waals surface area contributed by atoms with E-state index < -0.39 is 6.10 Å². The summed E-state index contributed by atoms with van der Waals surface area (Å²) in [5.74, 6) is 0.528.